The average Bonchev–Trinajstić information content (AvgIpc) is 2.48. The van der Waals surface area contributed by atoms with Crippen molar-refractivity contribution in [2.24, 2.45) is 0 Å². The first-order chi connectivity index (χ1) is 6.33. The molecule has 1 fully saturated rings. The number of nitrogens with zero attached hydrogens (tertiary/aromatic N) is 2. The number of aryl methyl sites for hydroxylation is 1. The van der Waals surface area contributed by atoms with Crippen molar-refractivity contribution in [1.82, 2.24) is 4.98 Å². The number of pyridine rings is 1. The molecule has 0 aromatic carbocycles. The fraction of sp³-hybridized carbons (Fsp3) is 0.500. The lowest BCUT2D eigenvalue weighted by atomic mass is 10.2. The van der Waals surface area contributed by atoms with Crippen molar-refractivity contribution in [3.8, 4) is 0 Å². The van der Waals surface area contributed by atoms with Gasteiger partial charge in [0, 0.05) is 24.8 Å². The lowest BCUT2D eigenvalue weighted by Gasteiger charge is -2.27. The van der Waals surface area contributed by atoms with E-state index in [0.29, 0.717) is 6.04 Å². The van der Waals surface area contributed by atoms with Crippen LogP contribution in [0.2, 0.25) is 0 Å². The van der Waals surface area contributed by atoms with Gasteiger partial charge in [-0.25, -0.2) is 4.98 Å². The summed E-state index contributed by atoms with van der Waals surface area (Å²) in [4.78, 5) is 6.92. The van der Waals surface area contributed by atoms with Crippen LogP contribution in [-0.2, 0) is 0 Å². The third kappa shape index (κ3) is 0.996. The van der Waals surface area contributed by atoms with Crippen molar-refractivity contribution in [1.29, 1.82) is 0 Å². The molecule has 0 amide bonds. The molecule has 0 saturated carbocycles. The third-order valence-corrected chi connectivity index (χ3v) is 2.88. The van der Waals surface area contributed by atoms with Crippen molar-refractivity contribution in [2.45, 2.75) is 19.4 Å². The number of hydrogen-bond donors (Lipinski definition) is 1. The van der Waals surface area contributed by atoms with Crippen molar-refractivity contribution >= 4 is 11.5 Å². The quantitative estimate of drug-likeness (QED) is 0.646. The number of hydrogen-bond acceptors (Lipinski definition) is 3. The van der Waals surface area contributed by atoms with Gasteiger partial charge >= 0.3 is 0 Å². The second kappa shape index (κ2) is 2.37. The number of anilines is 2. The molecule has 0 unspecified atom stereocenters. The highest BCUT2D eigenvalue weighted by molar-refractivity contribution is 5.70. The van der Waals surface area contributed by atoms with Gasteiger partial charge in [-0.1, -0.05) is 0 Å². The van der Waals surface area contributed by atoms with E-state index in [4.69, 9.17) is 0 Å². The Balaban J connectivity index is 2.12. The summed E-state index contributed by atoms with van der Waals surface area (Å²) >= 11 is 0. The van der Waals surface area contributed by atoms with Gasteiger partial charge < -0.3 is 10.2 Å². The summed E-state index contributed by atoms with van der Waals surface area (Å²) in [6.45, 7) is 4.36. The second-order valence-electron chi connectivity index (χ2n) is 3.90. The van der Waals surface area contributed by atoms with Crippen molar-refractivity contribution in [3.63, 3.8) is 0 Å². The van der Waals surface area contributed by atoms with Gasteiger partial charge in [0.25, 0.3) is 0 Å². The van der Waals surface area contributed by atoms with E-state index in [0.717, 1.165) is 18.1 Å². The number of aromatic nitrogens is 1. The summed E-state index contributed by atoms with van der Waals surface area (Å²) in [6.07, 6.45) is 1.25. The van der Waals surface area contributed by atoms with Gasteiger partial charge in [0.2, 0.25) is 0 Å². The second-order valence-corrected chi connectivity index (χ2v) is 3.90. The number of fused-ring (bicyclic) bond motifs is 4. The van der Waals surface area contributed by atoms with Gasteiger partial charge in [-0.2, -0.15) is 0 Å². The van der Waals surface area contributed by atoms with E-state index in [1.54, 1.807) is 0 Å². The first-order valence-electron chi connectivity index (χ1n) is 4.82. The van der Waals surface area contributed by atoms with Crippen molar-refractivity contribution in [3.05, 3.63) is 17.8 Å². The smallest absolute Gasteiger partial charge is 0.150 e. The Kier molecular flexibility index (Phi) is 1.31. The van der Waals surface area contributed by atoms with E-state index >= 15 is 0 Å². The molecule has 0 radical (unpaired) electrons. The normalized spacial score (nSPS) is 24.1. The van der Waals surface area contributed by atoms with E-state index in [1.165, 1.54) is 18.7 Å². The van der Waals surface area contributed by atoms with Crippen LogP contribution in [0.5, 0.6) is 0 Å². The molecule has 0 spiro atoms. The standard InChI is InChI=1S/C10H13N3/c1-7-2-3-9-10(11-7)12-8-4-5-13(9)6-8/h2-3,8H,4-6H2,1H3,(H,11,12)/t8-/m0/s1. The molecule has 2 aliphatic heterocycles. The highest BCUT2D eigenvalue weighted by atomic mass is 15.3. The van der Waals surface area contributed by atoms with Crippen LogP contribution >= 0.6 is 0 Å². The summed E-state index contributed by atoms with van der Waals surface area (Å²) in [5.41, 5.74) is 2.37. The zero-order valence-corrected chi connectivity index (χ0v) is 7.75. The Morgan fingerprint density at radius 2 is 2.46 bits per heavy atom. The number of rotatable bonds is 0. The van der Waals surface area contributed by atoms with Crippen LogP contribution < -0.4 is 10.2 Å². The van der Waals surface area contributed by atoms with Crippen LogP contribution in [0.25, 0.3) is 0 Å². The zero-order chi connectivity index (χ0) is 8.84. The minimum absolute atomic E-state index is 0.627. The lowest BCUT2D eigenvalue weighted by Crippen LogP contribution is -2.32. The van der Waals surface area contributed by atoms with Crippen molar-refractivity contribution in [2.75, 3.05) is 23.3 Å². The summed E-state index contributed by atoms with van der Waals surface area (Å²) in [6, 6.07) is 4.88. The molecule has 2 aliphatic rings. The van der Waals surface area contributed by atoms with Crippen LogP contribution in [-0.4, -0.2) is 24.1 Å². The average molecular weight is 175 g/mol. The van der Waals surface area contributed by atoms with E-state index in [2.05, 4.69) is 27.3 Å². The van der Waals surface area contributed by atoms with Gasteiger partial charge in [0.05, 0.1) is 5.69 Å². The first-order valence-corrected chi connectivity index (χ1v) is 4.82. The van der Waals surface area contributed by atoms with Crippen LogP contribution in [0.15, 0.2) is 12.1 Å². The van der Waals surface area contributed by atoms with Crippen LogP contribution in [0.4, 0.5) is 11.5 Å². The molecule has 3 heteroatoms. The Labute approximate surface area is 77.8 Å². The summed E-state index contributed by atoms with van der Waals surface area (Å²) in [5.74, 6) is 1.08. The molecule has 0 aliphatic carbocycles. The fourth-order valence-corrected chi connectivity index (χ4v) is 2.20. The molecule has 1 N–H and O–H groups in total. The summed E-state index contributed by atoms with van der Waals surface area (Å²) in [5, 5.41) is 3.48. The molecule has 1 aromatic heterocycles. The predicted octanol–water partition coefficient (Wildman–Crippen LogP) is 1.39. The highest BCUT2D eigenvalue weighted by Crippen LogP contribution is 2.33. The predicted molar refractivity (Wildman–Crippen MR) is 53.2 cm³/mol. The molecule has 13 heavy (non-hydrogen) atoms. The maximum atomic E-state index is 4.50. The summed E-state index contributed by atoms with van der Waals surface area (Å²) < 4.78 is 0. The van der Waals surface area contributed by atoms with E-state index in [1.807, 2.05) is 6.92 Å². The van der Waals surface area contributed by atoms with E-state index < -0.39 is 0 Å². The fourth-order valence-electron chi connectivity index (χ4n) is 2.20. The molecule has 68 valence electrons. The molecule has 3 nitrogen and oxygen atoms in total. The maximum absolute atomic E-state index is 4.50. The Hall–Kier alpha value is -1.25. The SMILES string of the molecule is Cc1ccc2c(n1)N[C@H]1CCN2C1. The largest absolute Gasteiger partial charge is 0.366 e. The topological polar surface area (TPSA) is 28.2 Å². The Morgan fingerprint density at radius 1 is 1.54 bits per heavy atom. The van der Waals surface area contributed by atoms with Crippen LogP contribution in [0, 0.1) is 6.92 Å². The molecule has 3 heterocycles. The number of nitrogens with one attached hydrogen (secondary N) is 1. The molecule has 1 atom stereocenters. The molecule has 1 saturated heterocycles. The van der Waals surface area contributed by atoms with Gasteiger partial charge in [-0.15, -0.1) is 0 Å². The minimum Gasteiger partial charge on any atom is -0.366 e. The molecule has 1 aromatic rings. The zero-order valence-electron chi connectivity index (χ0n) is 7.75. The summed E-state index contributed by atoms with van der Waals surface area (Å²) in [7, 11) is 0. The molecule has 2 bridgehead atoms. The third-order valence-electron chi connectivity index (χ3n) is 2.88. The Bertz CT molecular complexity index is 348. The first kappa shape index (κ1) is 7.18. The van der Waals surface area contributed by atoms with Gasteiger partial charge in [-0.05, 0) is 25.5 Å². The maximum Gasteiger partial charge on any atom is 0.150 e. The van der Waals surface area contributed by atoms with Crippen LogP contribution in [0.1, 0.15) is 12.1 Å². The highest BCUT2D eigenvalue weighted by Gasteiger charge is 2.30. The molecular formula is C10H13N3. The van der Waals surface area contributed by atoms with Crippen LogP contribution in [0.3, 0.4) is 0 Å². The van der Waals surface area contributed by atoms with Gasteiger partial charge in [-0.3, -0.25) is 0 Å². The van der Waals surface area contributed by atoms with Gasteiger partial charge in [0.1, 0.15) is 5.82 Å². The van der Waals surface area contributed by atoms with E-state index in [9.17, 15) is 0 Å². The molecular weight excluding hydrogens is 162 g/mol. The molecule has 3 rings (SSSR count). The minimum atomic E-state index is 0.627. The Morgan fingerprint density at radius 3 is 3.38 bits per heavy atom. The van der Waals surface area contributed by atoms with Gasteiger partial charge in [0.15, 0.2) is 0 Å². The van der Waals surface area contributed by atoms with Crippen molar-refractivity contribution < 1.29 is 0 Å². The van der Waals surface area contributed by atoms with E-state index in [-0.39, 0.29) is 0 Å². The lowest BCUT2D eigenvalue weighted by molar-refractivity contribution is 0.786. The monoisotopic (exact) mass is 175 g/mol.